The van der Waals surface area contributed by atoms with E-state index in [9.17, 15) is 9.59 Å². The van der Waals surface area contributed by atoms with Crippen molar-refractivity contribution < 1.29 is 14.3 Å². The normalized spacial score (nSPS) is 10.7. The maximum atomic E-state index is 12.4. The van der Waals surface area contributed by atoms with Gasteiger partial charge in [-0.3, -0.25) is 9.59 Å². The summed E-state index contributed by atoms with van der Waals surface area (Å²) < 4.78 is 6.82. The Hall–Kier alpha value is -3.07. The van der Waals surface area contributed by atoms with Crippen LogP contribution in [-0.4, -0.2) is 29.7 Å². The number of nitrogens with zero attached hydrogens (tertiary/aromatic N) is 1. The van der Waals surface area contributed by atoms with Gasteiger partial charge in [-0.25, -0.2) is 4.98 Å². The number of thioether (sulfide) groups is 1. The Morgan fingerprint density at radius 3 is 2.44 bits per heavy atom. The lowest BCUT2D eigenvalue weighted by Crippen LogP contribution is -2.13. The summed E-state index contributed by atoms with van der Waals surface area (Å²) in [6.45, 7) is 0. The molecule has 0 saturated carbocycles. The first-order valence-corrected chi connectivity index (χ1v) is 11.7. The molecule has 0 saturated heterocycles. The second-order valence-corrected chi connectivity index (χ2v) is 9.38. The maximum Gasteiger partial charge on any atom is 0.255 e. The number of ether oxygens (including phenoxy) is 1. The highest BCUT2D eigenvalue weighted by Gasteiger charge is 2.11. The summed E-state index contributed by atoms with van der Waals surface area (Å²) in [5.74, 6) is 0.646. The molecule has 9 heteroatoms. The zero-order chi connectivity index (χ0) is 22.5. The Bertz CT molecular complexity index is 1260. The van der Waals surface area contributed by atoms with Crippen LogP contribution in [0.3, 0.4) is 0 Å². The summed E-state index contributed by atoms with van der Waals surface area (Å²) in [4.78, 5) is 29.2. The number of hydrogen-bond acceptors (Lipinski definition) is 6. The second kappa shape index (κ2) is 10.0. The van der Waals surface area contributed by atoms with E-state index < -0.39 is 0 Å². The predicted octanol–water partition coefficient (Wildman–Crippen LogP) is 5.94. The van der Waals surface area contributed by atoms with Crippen molar-refractivity contribution in [2.24, 2.45) is 0 Å². The summed E-state index contributed by atoms with van der Waals surface area (Å²) in [5.41, 5.74) is 2.73. The maximum absolute atomic E-state index is 12.4. The number of halogens is 1. The standard InChI is InChI=1S/C23H18ClN3O3S2/c1-30-18-9-6-16(7-10-18)25-21(28)13-31-23-27-19-11-8-17(12-20(19)32-23)26-22(29)14-2-4-15(24)5-3-14/h2-12H,13H2,1H3,(H,25,28)(H,26,29). The van der Waals surface area contributed by atoms with E-state index in [-0.39, 0.29) is 17.6 Å². The molecule has 1 heterocycles. The number of nitrogens with one attached hydrogen (secondary N) is 2. The molecule has 0 aliphatic carbocycles. The van der Waals surface area contributed by atoms with E-state index in [1.54, 1.807) is 61.7 Å². The molecular formula is C23H18ClN3O3S2. The summed E-state index contributed by atoms with van der Waals surface area (Å²) in [5, 5.41) is 6.31. The van der Waals surface area contributed by atoms with E-state index in [4.69, 9.17) is 16.3 Å². The van der Waals surface area contributed by atoms with E-state index in [1.165, 1.54) is 23.1 Å². The topological polar surface area (TPSA) is 80.3 Å². The Morgan fingerprint density at radius 1 is 1.00 bits per heavy atom. The highest BCUT2D eigenvalue weighted by molar-refractivity contribution is 8.01. The number of carbonyl (C=O) groups excluding carboxylic acids is 2. The van der Waals surface area contributed by atoms with E-state index >= 15 is 0 Å². The summed E-state index contributed by atoms with van der Waals surface area (Å²) >= 11 is 8.72. The minimum absolute atomic E-state index is 0.115. The fourth-order valence-electron chi connectivity index (χ4n) is 2.85. The van der Waals surface area contributed by atoms with Crippen molar-refractivity contribution in [3.8, 4) is 5.75 Å². The molecule has 4 rings (SSSR count). The van der Waals surface area contributed by atoms with E-state index in [0.29, 0.717) is 22.0 Å². The molecule has 4 aromatic rings. The fourth-order valence-corrected chi connectivity index (χ4v) is 4.88. The van der Waals surface area contributed by atoms with Crippen LogP contribution in [0.1, 0.15) is 10.4 Å². The summed E-state index contributed by atoms with van der Waals surface area (Å²) in [6, 6.07) is 19.4. The number of rotatable bonds is 7. The third kappa shape index (κ3) is 5.59. The van der Waals surface area contributed by atoms with E-state index in [2.05, 4.69) is 15.6 Å². The molecular weight excluding hydrogens is 466 g/mol. The van der Waals surface area contributed by atoms with Crippen molar-refractivity contribution in [3.05, 3.63) is 77.3 Å². The number of methoxy groups -OCH3 is 1. The van der Waals surface area contributed by atoms with Crippen molar-refractivity contribution in [2.75, 3.05) is 23.5 Å². The van der Waals surface area contributed by atoms with Crippen LogP contribution < -0.4 is 15.4 Å². The van der Waals surface area contributed by atoms with Crippen LogP contribution in [-0.2, 0) is 4.79 Å². The van der Waals surface area contributed by atoms with Crippen LogP contribution in [0.15, 0.2) is 71.1 Å². The molecule has 2 amide bonds. The highest BCUT2D eigenvalue weighted by Crippen LogP contribution is 2.31. The van der Waals surface area contributed by atoms with E-state index in [0.717, 1.165) is 20.3 Å². The van der Waals surface area contributed by atoms with Gasteiger partial charge in [0.2, 0.25) is 5.91 Å². The smallest absolute Gasteiger partial charge is 0.255 e. The number of anilines is 2. The number of hydrogen-bond donors (Lipinski definition) is 2. The second-order valence-electron chi connectivity index (χ2n) is 6.69. The quantitative estimate of drug-likeness (QED) is 0.318. The number of benzene rings is 3. The molecule has 0 bridgehead atoms. The molecule has 162 valence electrons. The lowest BCUT2D eigenvalue weighted by Gasteiger charge is -2.05. The minimum Gasteiger partial charge on any atom is -0.497 e. The number of carbonyl (C=O) groups is 2. The summed E-state index contributed by atoms with van der Waals surface area (Å²) in [7, 11) is 1.60. The van der Waals surface area contributed by atoms with Crippen LogP contribution in [0.5, 0.6) is 5.75 Å². The third-order valence-electron chi connectivity index (χ3n) is 4.43. The number of aromatic nitrogens is 1. The first-order valence-electron chi connectivity index (χ1n) is 9.54. The van der Waals surface area contributed by atoms with Gasteiger partial charge in [0.05, 0.1) is 23.1 Å². The lowest BCUT2D eigenvalue weighted by atomic mass is 10.2. The van der Waals surface area contributed by atoms with Crippen LogP contribution in [0.2, 0.25) is 5.02 Å². The van der Waals surface area contributed by atoms with Gasteiger partial charge in [-0.05, 0) is 66.7 Å². The summed E-state index contributed by atoms with van der Waals surface area (Å²) in [6.07, 6.45) is 0. The van der Waals surface area contributed by atoms with Crippen molar-refractivity contribution in [1.29, 1.82) is 0 Å². The zero-order valence-corrected chi connectivity index (χ0v) is 19.3. The Kier molecular flexibility index (Phi) is 6.94. The first-order chi connectivity index (χ1) is 15.5. The molecule has 1 aromatic heterocycles. The van der Waals surface area contributed by atoms with Gasteiger partial charge in [0.15, 0.2) is 4.34 Å². The molecule has 0 unspecified atom stereocenters. The average Bonchev–Trinajstić information content (AvgIpc) is 3.21. The molecule has 0 aliphatic heterocycles. The Labute approximate surface area is 198 Å². The monoisotopic (exact) mass is 483 g/mol. The van der Waals surface area contributed by atoms with Crippen LogP contribution in [0.25, 0.3) is 10.2 Å². The van der Waals surface area contributed by atoms with Gasteiger partial charge in [-0.15, -0.1) is 11.3 Å². The molecule has 0 atom stereocenters. The van der Waals surface area contributed by atoms with Gasteiger partial charge in [-0.1, -0.05) is 23.4 Å². The van der Waals surface area contributed by atoms with Crippen molar-refractivity contribution in [1.82, 2.24) is 4.98 Å². The van der Waals surface area contributed by atoms with Crippen LogP contribution in [0, 0.1) is 0 Å². The molecule has 0 radical (unpaired) electrons. The SMILES string of the molecule is COc1ccc(NC(=O)CSc2nc3ccc(NC(=O)c4ccc(Cl)cc4)cc3s2)cc1. The molecule has 0 spiro atoms. The van der Waals surface area contributed by atoms with Gasteiger partial charge in [0, 0.05) is 22.0 Å². The number of fused-ring (bicyclic) bond motifs is 1. The zero-order valence-electron chi connectivity index (χ0n) is 16.9. The van der Waals surface area contributed by atoms with Gasteiger partial charge in [0.1, 0.15) is 5.75 Å². The first kappa shape index (κ1) is 22.1. The number of amides is 2. The van der Waals surface area contributed by atoms with Crippen molar-refractivity contribution >= 4 is 68.1 Å². The van der Waals surface area contributed by atoms with Gasteiger partial charge < -0.3 is 15.4 Å². The fraction of sp³-hybridized carbons (Fsp3) is 0.0870. The number of thiazole rings is 1. The lowest BCUT2D eigenvalue weighted by molar-refractivity contribution is -0.113. The van der Waals surface area contributed by atoms with Gasteiger partial charge >= 0.3 is 0 Å². The molecule has 6 nitrogen and oxygen atoms in total. The Morgan fingerprint density at radius 2 is 1.72 bits per heavy atom. The van der Waals surface area contributed by atoms with Crippen LogP contribution >= 0.6 is 34.7 Å². The van der Waals surface area contributed by atoms with Gasteiger partial charge in [-0.2, -0.15) is 0 Å². The highest BCUT2D eigenvalue weighted by atomic mass is 35.5. The average molecular weight is 484 g/mol. The predicted molar refractivity (Wildman–Crippen MR) is 131 cm³/mol. The van der Waals surface area contributed by atoms with Crippen molar-refractivity contribution in [2.45, 2.75) is 4.34 Å². The minimum atomic E-state index is -0.213. The molecule has 3 aromatic carbocycles. The van der Waals surface area contributed by atoms with Gasteiger partial charge in [0.25, 0.3) is 5.91 Å². The largest absolute Gasteiger partial charge is 0.497 e. The molecule has 0 fully saturated rings. The molecule has 2 N–H and O–H groups in total. The molecule has 0 aliphatic rings. The Balaban J connectivity index is 1.36. The van der Waals surface area contributed by atoms with Crippen molar-refractivity contribution in [3.63, 3.8) is 0 Å². The van der Waals surface area contributed by atoms with Crippen LogP contribution in [0.4, 0.5) is 11.4 Å². The molecule has 32 heavy (non-hydrogen) atoms. The third-order valence-corrected chi connectivity index (χ3v) is 6.85. The van der Waals surface area contributed by atoms with E-state index in [1.807, 2.05) is 12.1 Å².